The smallest absolute Gasteiger partial charge is 0.251 e. The van der Waals surface area contributed by atoms with E-state index in [9.17, 15) is 9.59 Å². The Morgan fingerprint density at radius 2 is 1.84 bits per heavy atom. The maximum absolute atomic E-state index is 11.5. The fourth-order valence-corrected chi connectivity index (χ4v) is 1.41. The summed E-state index contributed by atoms with van der Waals surface area (Å²) < 4.78 is 5.19. The van der Waals surface area contributed by atoms with Gasteiger partial charge in [0.15, 0.2) is 0 Å². The molecule has 0 aromatic heterocycles. The highest BCUT2D eigenvalue weighted by Crippen LogP contribution is 2.09. The Kier molecular flexibility index (Phi) is 6.02. The molecule has 0 spiro atoms. The SMILES string of the molecule is CCNC(=O)c1ccc(NC(=O)COC(C)C)cc1. The number of nitrogens with one attached hydrogen (secondary N) is 2. The molecule has 19 heavy (non-hydrogen) atoms. The van der Waals surface area contributed by atoms with Crippen LogP contribution in [0.1, 0.15) is 31.1 Å². The van der Waals surface area contributed by atoms with Crippen LogP contribution in [0, 0.1) is 0 Å². The van der Waals surface area contributed by atoms with Crippen molar-refractivity contribution in [3.8, 4) is 0 Å². The molecule has 1 aromatic rings. The van der Waals surface area contributed by atoms with Crippen LogP contribution >= 0.6 is 0 Å². The van der Waals surface area contributed by atoms with Gasteiger partial charge in [-0.1, -0.05) is 0 Å². The zero-order valence-electron chi connectivity index (χ0n) is 11.5. The lowest BCUT2D eigenvalue weighted by Gasteiger charge is -2.09. The maximum atomic E-state index is 11.5. The van der Waals surface area contributed by atoms with E-state index in [1.54, 1.807) is 24.3 Å². The summed E-state index contributed by atoms with van der Waals surface area (Å²) in [6, 6.07) is 6.73. The van der Waals surface area contributed by atoms with E-state index in [1.807, 2.05) is 20.8 Å². The molecule has 5 nitrogen and oxygen atoms in total. The van der Waals surface area contributed by atoms with Gasteiger partial charge in [-0.2, -0.15) is 0 Å². The van der Waals surface area contributed by atoms with Gasteiger partial charge in [-0.15, -0.1) is 0 Å². The molecular formula is C14H20N2O3. The summed E-state index contributed by atoms with van der Waals surface area (Å²) in [5.74, 6) is -0.331. The van der Waals surface area contributed by atoms with Crippen molar-refractivity contribution in [2.75, 3.05) is 18.5 Å². The first kappa shape index (κ1) is 15.2. The Hall–Kier alpha value is -1.88. The number of hydrogen-bond acceptors (Lipinski definition) is 3. The van der Waals surface area contributed by atoms with Crippen molar-refractivity contribution in [2.45, 2.75) is 26.9 Å². The highest BCUT2D eigenvalue weighted by atomic mass is 16.5. The number of anilines is 1. The molecule has 0 unspecified atom stereocenters. The molecule has 0 aliphatic carbocycles. The molecule has 0 bridgehead atoms. The van der Waals surface area contributed by atoms with Crippen LogP contribution < -0.4 is 10.6 Å². The van der Waals surface area contributed by atoms with E-state index in [2.05, 4.69) is 10.6 Å². The number of ether oxygens (including phenoxy) is 1. The van der Waals surface area contributed by atoms with Gasteiger partial charge in [0.05, 0.1) is 6.10 Å². The van der Waals surface area contributed by atoms with E-state index in [0.29, 0.717) is 17.8 Å². The molecule has 2 N–H and O–H groups in total. The second-order valence-electron chi connectivity index (χ2n) is 4.34. The molecule has 0 aliphatic heterocycles. The Morgan fingerprint density at radius 1 is 1.21 bits per heavy atom. The van der Waals surface area contributed by atoms with Crippen LogP contribution in [0.2, 0.25) is 0 Å². The Morgan fingerprint density at radius 3 is 2.37 bits per heavy atom. The first-order valence-electron chi connectivity index (χ1n) is 6.32. The maximum Gasteiger partial charge on any atom is 0.251 e. The second kappa shape index (κ2) is 7.53. The van der Waals surface area contributed by atoms with Crippen LogP contribution in [0.4, 0.5) is 5.69 Å². The first-order valence-corrected chi connectivity index (χ1v) is 6.32. The van der Waals surface area contributed by atoms with Gasteiger partial charge in [0, 0.05) is 17.8 Å². The molecule has 0 heterocycles. The van der Waals surface area contributed by atoms with Gasteiger partial charge in [0.2, 0.25) is 5.91 Å². The van der Waals surface area contributed by atoms with Crippen LogP contribution in [0.3, 0.4) is 0 Å². The third-order valence-corrected chi connectivity index (χ3v) is 2.32. The van der Waals surface area contributed by atoms with Crippen LogP contribution in [0.25, 0.3) is 0 Å². The Labute approximate surface area is 113 Å². The predicted molar refractivity (Wildman–Crippen MR) is 74.2 cm³/mol. The minimum Gasteiger partial charge on any atom is -0.369 e. The lowest BCUT2D eigenvalue weighted by Crippen LogP contribution is -2.23. The zero-order valence-corrected chi connectivity index (χ0v) is 11.5. The summed E-state index contributed by atoms with van der Waals surface area (Å²) >= 11 is 0. The molecule has 5 heteroatoms. The summed E-state index contributed by atoms with van der Waals surface area (Å²) in [5.41, 5.74) is 1.21. The molecule has 0 saturated carbocycles. The minimum atomic E-state index is -0.209. The van der Waals surface area contributed by atoms with E-state index in [0.717, 1.165) is 0 Å². The number of carbonyl (C=O) groups is 2. The van der Waals surface area contributed by atoms with E-state index >= 15 is 0 Å². The fraction of sp³-hybridized carbons (Fsp3) is 0.429. The van der Waals surface area contributed by atoms with Crippen LogP contribution in [0.5, 0.6) is 0 Å². The molecule has 0 aliphatic rings. The van der Waals surface area contributed by atoms with Crippen molar-refractivity contribution < 1.29 is 14.3 Å². The summed E-state index contributed by atoms with van der Waals surface area (Å²) in [7, 11) is 0. The van der Waals surface area contributed by atoms with Crippen LogP contribution in [-0.4, -0.2) is 31.1 Å². The quantitative estimate of drug-likeness (QED) is 0.823. The molecule has 0 atom stereocenters. The van der Waals surface area contributed by atoms with Crippen molar-refractivity contribution in [3.05, 3.63) is 29.8 Å². The van der Waals surface area contributed by atoms with Crippen molar-refractivity contribution >= 4 is 17.5 Å². The van der Waals surface area contributed by atoms with E-state index in [4.69, 9.17) is 4.74 Å². The molecule has 0 fully saturated rings. The number of rotatable bonds is 6. The predicted octanol–water partition coefficient (Wildman–Crippen LogP) is 1.80. The molecule has 0 radical (unpaired) electrons. The van der Waals surface area contributed by atoms with Crippen molar-refractivity contribution in [1.82, 2.24) is 5.32 Å². The molecule has 1 aromatic carbocycles. The standard InChI is InChI=1S/C14H20N2O3/c1-4-15-14(18)11-5-7-12(8-6-11)16-13(17)9-19-10(2)3/h5-8,10H,4,9H2,1-3H3,(H,15,18)(H,16,17). The molecule has 2 amide bonds. The highest BCUT2D eigenvalue weighted by molar-refractivity contribution is 5.95. The monoisotopic (exact) mass is 264 g/mol. The fourth-order valence-electron chi connectivity index (χ4n) is 1.41. The van der Waals surface area contributed by atoms with E-state index in [1.165, 1.54) is 0 Å². The van der Waals surface area contributed by atoms with Crippen molar-refractivity contribution in [1.29, 1.82) is 0 Å². The van der Waals surface area contributed by atoms with Crippen LogP contribution in [-0.2, 0) is 9.53 Å². The summed E-state index contributed by atoms with van der Waals surface area (Å²) in [4.78, 5) is 23.1. The highest BCUT2D eigenvalue weighted by Gasteiger charge is 2.06. The molecule has 1 rings (SSSR count). The topological polar surface area (TPSA) is 67.4 Å². The third-order valence-electron chi connectivity index (χ3n) is 2.32. The molecule has 0 saturated heterocycles. The number of benzene rings is 1. The van der Waals surface area contributed by atoms with Gasteiger partial charge in [-0.05, 0) is 45.0 Å². The van der Waals surface area contributed by atoms with Gasteiger partial charge in [0.1, 0.15) is 6.61 Å². The molecule has 104 valence electrons. The summed E-state index contributed by atoms with van der Waals surface area (Å²) in [6.07, 6.45) is 0.0193. The van der Waals surface area contributed by atoms with Gasteiger partial charge in [-0.25, -0.2) is 0 Å². The number of hydrogen-bond donors (Lipinski definition) is 2. The summed E-state index contributed by atoms with van der Waals surface area (Å²) in [6.45, 7) is 6.21. The van der Waals surface area contributed by atoms with Crippen molar-refractivity contribution in [2.24, 2.45) is 0 Å². The van der Waals surface area contributed by atoms with Gasteiger partial charge in [0.25, 0.3) is 5.91 Å². The van der Waals surface area contributed by atoms with Gasteiger partial charge < -0.3 is 15.4 Å². The summed E-state index contributed by atoms with van der Waals surface area (Å²) in [5, 5.41) is 5.41. The van der Waals surface area contributed by atoms with Crippen LogP contribution in [0.15, 0.2) is 24.3 Å². The zero-order chi connectivity index (χ0) is 14.3. The number of amides is 2. The average molecular weight is 264 g/mol. The van der Waals surface area contributed by atoms with E-state index in [-0.39, 0.29) is 24.5 Å². The third kappa shape index (κ3) is 5.52. The lowest BCUT2D eigenvalue weighted by atomic mass is 10.2. The normalized spacial score (nSPS) is 10.3. The van der Waals surface area contributed by atoms with Crippen molar-refractivity contribution in [3.63, 3.8) is 0 Å². The molecular weight excluding hydrogens is 244 g/mol. The first-order chi connectivity index (χ1) is 9.02. The number of carbonyl (C=O) groups excluding carboxylic acids is 2. The minimum absolute atomic E-state index is 0.0193. The average Bonchev–Trinajstić information content (AvgIpc) is 2.37. The Bertz CT molecular complexity index is 427. The van der Waals surface area contributed by atoms with E-state index < -0.39 is 0 Å². The van der Waals surface area contributed by atoms with Gasteiger partial charge in [-0.3, -0.25) is 9.59 Å². The van der Waals surface area contributed by atoms with Gasteiger partial charge >= 0.3 is 0 Å². The lowest BCUT2D eigenvalue weighted by molar-refractivity contribution is -0.121. The largest absolute Gasteiger partial charge is 0.369 e. The second-order valence-corrected chi connectivity index (χ2v) is 4.34. The Balaban J connectivity index is 2.52.